The minimum atomic E-state index is -0.155. The summed E-state index contributed by atoms with van der Waals surface area (Å²) in [5.74, 6) is 0.736. The molecule has 0 atom stereocenters. The third-order valence-electron chi connectivity index (χ3n) is 3.79. The van der Waals surface area contributed by atoms with E-state index >= 15 is 0 Å². The van der Waals surface area contributed by atoms with E-state index in [9.17, 15) is 4.39 Å². The van der Waals surface area contributed by atoms with E-state index in [1.165, 1.54) is 6.07 Å². The lowest BCUT2D eigenvalue weighted by molar-refractivity contribution is 0.618. The zero-order valence-corrected chi connectivity index (χ0v) is 11.0. The van der Waals surface area contributed by atoms with E-state index in [0.717, 1.165) is 36.5 Å². The van der Waals surface area contributed by atoms with Gasteiger partial charge in [-0.05, 0) is 49.6 Å². The molecule has 3 heteroatoms. The van der Waals surface area contributed by atoms with Crippen molar-refractivity contribution in [1.82, 2.24) is 4.98 Å². The number of rotatable bonds is 4. The minimum absolute atomic E-state index is 0.0908. The van der Waals surface area contributed by atoms with Crippen LogP contribution in [0.2, 0.25) is 0 Å². The van der Waals surface area contributed by atoms with Crippen LogP contribution >= 0.6 is 0 Å². The first-order chi connectivity index (χ1) is 9.18. The van der Waals surface area contributed by atoms with Crippen molar-refractivity contribution in [2.75, 3.05) is 11.9 Å². The summed E-state index contributed by atoms with van der Waals surface area (Å²) in [6, 6.07) is 12.9. The van der Waals surface area contributed by atoms with Gasteiger partial charge < -0.3 is 5.32 Å². The van der Waals surface area contributed by atoms with E-state index < -0.39 is 0 Å². The highest BCUT2D eigenvalue weighted by molar-refractivity contribution is 5.40. The molecular formula is C16H17FN2. The normalized spacial score (nSPS) is 16.1. The van der Waals surface area contributed by atoms with E-state index in [1.54, 1.807) is 12.1 Å². The molecule has 1 saturated carbocycles. The monoisotopic (exact) mass is 256 g/mol. The first-order valence-electron chi connectivity index (χ1n) is 6.62. The Balaban J connectivity index is 1.73. The van der Waals surface area contributed by atoms with Crippen molar-refractivity contribution in [2.24, 2.45) is 0 Å². The molecule has 0 bridgehead atoms. The van der Waals surface area contributed by atoms with Gasteiger partial charge in [-0.25, -0.2) is 9.37 Å². The number of benzene rings is 1. The maximum atomic E-state index is 13.3. The molecule has 1 aromatic heterocycles. The van der Waals surface area contributed by atoms with Crippen LogP contribution in [0.1, 0.15) is 24.1 Å². The predicted octanol–water partition coefficient (Wildman–Crippen LogP) is 3.67. The van der Waals surface area contributed by atoms with Crippen molar-refractivity contribution in [3.63, 3.8) is 0 Å². The van der Waals surface area contributed by atoms with Gasteiger partial charge in [-0.15, -0.1) is 0 Å². The fourth-order valence-electron chi connectivity index (χ4n) is 2.44. The molecule has 1 aromatic carbocycles. The highest BCUT2D eigenvalue weighted by Crippen LogP contribution is 2.48. The second-order valence-corrected chi connectivity index (χ2v) is 5.31. The molecule has 1 heterocycles. The zero-order valence-electron chi connectivity index (χ0n) is 11.0. The Morgan fingerprint density at radius 1 is 1.21 bits per heavy atom. The van der Waals surface area contributed by atoms with Crippen molar-refractivity contribution >= 4 is 5.82 Å². The van der Waals surface area contributed by atoms with Gasteiger partial charge in [0.25, 0.3) is 0 Å². The summed E-state index contributed by atoms with van der Waals surface area (Å²) in [4.78, 5) is 4.43. The van der Waals surface area contributed by atoms with Crippen molar-refractivity contribution < 1.29 is 4.39 Å². The van der Waals surface area contributed by atoms with Crippen LogP contribution in [0.5, 0.6) is 0 Å². The second kappa shape index (κ2) is 4.65. The molecule has 1 N–H and O–H groups in total. The summed E-state index contributed by atoms with van der Waals surface area (Å²) in [6.07, 6.45) is 2.21. The van der Waals surface area contributed by atoms with Crippen LogP contribution in [0.15, 0.2) is 42.5 Å². The molecule has 0 aliphatic heterocycles. The van der Waals surface area contributed by atoms with E-state index in [2.05, 4.69) is 10.3 Å². The van der Waals surface area contributed by atoms with Gasteiger partial charge in [-0.1, -0.05) is 18.2 Å². The van der Waals surface area contributed by atoms with Gasteiger partial charge in [-0.2, -0.15) is 0 Å². The van der Waals surface area contributed by atoms with Crippen molar-refractivity contribution in [2.45, 2.75) is 25.2 Å². The summed E-state index contributed by atoms with van der Waals surface area (Å²) in [5.41, 5.74) is 2.18. The molecule has 3 rings (SSSR count). The molecule has 19 heavy (non-hydrogen) atoms. The number of pyridine rings is 1. The summed E-state index contributed by atoms with van der Waals surface area (Å²) in [5, 5.41) is 3.37. The van der Waals surface area contributed by atoms with Crippen LogP contribution in [0.3, 0.4) is 0 Å². The summed E-state index contributed by atoms with van der Waals surface area (Å²) < 4.78 is 13.3. The quantitative estimate of drug-likeness (QED) is 0.902. The van der Waals surface area contributed by atoms with Crippen LogP contribution in [0.25, 0.3) is 0 Å². The number of nitrogens with zero attached hydrogens (tertiary/aromatic N) is 1. The number of aryl methyl sites for hydroxylation is 1. The average Bonchev–Trinajstić information content (AvgIpc) is 3.18. The van der Waals surface area contributed by atoms with Crippen molar-refractivity contribution in [3.8, 4) is 0 Å². The van der Waals surface area contributed by atoms with E-state index in [4.69, 9.17) is 0 Å². The minimum Gasteiger partial charge on any atom is -0.369 e. The number of aromatic nitrogens is 1. The Labute approximate surface area is 112 Å². The molecule has 1 aliphatic rings. The highest BCUT2D eigenvalue weighted by atomic mass is 19.1. The maximum Gasteiger partial charge on any atom is 0.126 e. The van der Waals surface area contributed by atoms with Gasteiger partial charge in [0.15, 0.2) is 0 Å². The summed E-state index contributed by atoms with van der Waals surface area (Å²) in [7, 11) is 0. The Bertz CT molecular complexity index is 591. The number of nitrogens with one attached hydrogen (secondary N) is 1. The molecule has 1 aliphatic carbocycles. The first-order valence-corrected chi connectivity index (χ1v) is 6.62. The molecule has 0 spiro atoms. The van der Waals surface area contributed by atoms with E-state index in [-0.39, 0.29) is 11.2 Å². The fourth-order valence-corrected chi connectivity index (χ4v) is 2.44. The van der Waals surface area contributed by atoms with Gasteiger partial charge in [0, 0.05) is 17.7 Å². The van der Waals surface area contributed by atoms with Gasteiger partial charge in [0.05, 0.1) is 0 Å². The van der Waals surface area contributed by atoms with Crippen molar-refractivity contribution in [1.29, 1.82) is 0 Å². The Hall–Kier alpha value is -1.90. The van der Waals surface area contributed by atoms with Crippen molar-refractivity contribution in [3.05, 3.63) is 59.5 Å². The van der Waals surface area contributed by atoms with Crippen LogP contribution in [0, 0.1) is 12.7 Å². The molecule has 0 amide bonds. The molecule has 1 fully saturated rings. The predicted molar refractivity (Wildman–Crippen MR) is 74.8 cm³/mol. The smallest absolute Gasteiger partial charge is 0.126 e. The average molecular weight is 256 g/mol. The van der Waals surface area contributed by atoms with Gasteiger partial charge in [0.2, 0.25) is 0 Å². The van der Waals surface area contributed by atoms with Gasteiger partial charge in [0.1, 0.15) is 11.6 Å². The zero-order chi connectivity index (χ0) is 13.3. The molecule has 98 valence electrons. The van der Waals surface area contributed by atoms with Gasteiger partial charge >= 0.3 is 0 Å². The molecule has 0 unspecified atom stereocenters. The fraction of sp³-hybridized carbons (Fsp3) is 0.312. The van der Waals surface area contributed by atoms with Crippen LogP contribution in [-0.2, 0) is 5.41 Å². The Morgan fingerprint density at radius 3 is 2.68 bits per heavy atom. The molecule has 0 radical (unpaired) electrons. The third-order valence-corrected chi connectivity index (χ3v) is 3.79. The Morgan fingerprint density at radius 2 is 2.00 bits per heavy atom. The first kappa shape index (κ1) is 12.2. The lowest BCUT2D eigenvalue weighted by atomic mass is 9.96. The summed E-state index contributed by atoms with van der Waals surface area (Å²) in [6.45, 7) is 2.79. The van der Waals surface area contributed by atoms with Crippen LogP contribution in [0.4, 0.5) is 10.2 Å². The highest BCUT2D eigenvalue weighted by Gasteiger charge is 2.44. The number of hydrogen-bond donors (Lipinski definition) is 1. The molecule has 2 nitrogen and oxygen atoms in total. The van der Waals surface area contributed by atoms with E-state index in [0.29, 0.717) is 0 Å². The lowest BCUT2D eigenvalue weighted by Gasteiger charge is -2.17. The standard InChI is InChI=1S/C16H17FN2/c1-12-4-2-7-15(19-12)18-11-16(8-9-16)13-5-3-6-14(17)10-13/h2-7,10H,8-9,11H2,1H3,(H,18,19). The third kappa shape index (κ3) is 2.60. The number of halogens is 1. The lowest BCUT2D eigenvalue weighted by Crippen LogP contribution is -2.20. The molecule has 2 aromatic rings. The largest absolute Gasteiger partial charge is 0.369 e. The van der Waals surface area contributed by atoms with Gasteiger partial charge in [-0.3, -0.25) is 0 Å². The Kier molecular flexibility index (Phi) is 2.97. The maximum absolute atomic E-state index is 13.3. The molecular weight excluding hydrogens is 239 g/mol. The number of hydrogen-bond acceptors (Lipinski definition) is 2. The van der Waals surface area contributed by atoms with Crippen LogP contribution in [-0.4, -0.2) is 11.5 Å². The van der Waals surface area contributed by atoms with Crippen LogP contribution < -0.4 is 5.32 Å². The number of anilines is 1. The summed E-state index contributed by atoms with van der Waals surface area (Å²) >= 11 is 0. The molecule has 0 saturated heterocycles. The van der Waals surface area contributed by atoms with E-state index in [1.807, 2.05) is 31.2 Å². The second-order valence-electron chi connectivity index (χ2n) is 5.31. The topological polar surface area (TPSA) is 24.9 Å². The SMILES string of the molecule is Cc1cccc(NCC2(c3cccc(F)c3)CC2)n1.